The van der Waals surface area contributed by atoms with E-state index in [0.717, 1.165) is 12.5 Å². The number of ether oxygens (including phenoxy) is 1. The van der Waals surface area contributed by atoms with Gasteiger partial charge in [0.1, 0.15) is 0 Å². The van der Waals surface area contributed by atoms with Gasteiger partial charge in [0, 0.05) is 18.7 Å². The summed E-state index contributed by atoms with van der Waals surface area (Å²) in [6.45, 7) is 9.85. The molecule has 1 saturated carbocycles. The molecule has 0 heterocycles. The second kappa shape index (κ2) is 6.49. The monoisotopic (exact) mass is 213 g/mol. The Labute approximate surface area is 94.8 Å². The van der Waals surface area contributed by atoms with Crippen LogP contribution in [0.4, 0.5) is 0 Å². The van der Waals surface area contributed by atoms with Crippen molar-refractivity contribution in [2.24, 2.45) is 5.92 Å². The molecule has 0 radical (unpaired) electrons. The Bertz CT molecular complexity index is 166. The van der Waals surface area contributed by atoms with E-state index in [1.165, 1.54) is 25.7 Å². The Morgan fingerprint density at radius 1 is 1.27 bits per heavy atom. The molecule has 0 amide bonds. The molecule has 0 aliphatic heterocycles. The van der Waals surface area contributed by atoms with Gasteiger partial charge in [-0.15, -0.1) is 0 Å². The summed E-state index contributed by atoms with van der Waals surface area (Å²) in [5.74, 6) is 0.843. The molecule has 90 valence electrons. The Kier molecular flexibility index (Phi) is 5.62. The summed E-state index contributed by atoms with van der Waals surface area (Å²) in [6, 6.07) is 1.37. The predicted molar refractivity (Wildman–Crippen MR) is 65.1 cm³/mol. The predicted octanol–water partition coefficient (Wildman–Crippen LogP) is 2.97. The van der Waals surface area contributed by atoms with Crippen LogP contribution in [0, 0.1) is 5.92 Å². The first-order valence-corrected chi connectivity index (χ1v) is 6.53. The molecule has 2 nitrogen and oxygen atoms in total. The second-order valence-electron chi connectivity index (χ2n) is 5.06. The highest BCUT2D eigenvalue weighted by Crippen LogP contribution is 2.24. The normalized spacial score (nSPS) is 29.6. The van der Waals surface area contributed by atoms with Crippen LogP contribution < -0.4 is 5.32 Å². The lowest BCUT2D eigenvalue weighted by atomic mass is 9.88. The van der Waals surface area contributed by atoms with Crippen LogP contribution in [0.1, 0.15) is 53.4 Å². The van der Waals surface area contributed by atoms with Crippen molar-refractivity contribution in [2.75, 3.05) is 6.61 Å². The standard InChI is InChI=1S/C13H27NO/c1-5-10(3)7-11(4)14-12-8-13(9-12)15-6-2/h10-14H,5-9H2,1-4H3. The quantitative estimate of drug-likeness (QED) is 0.702. The lowest BCUT2D eigenvalue weighted by molar-refractivity contribution is -0.0124. The van der Waals surface area contributed by atoms with E-state index < -0.39 is 0 Å². The van der Waals surface area contributed by atoms with Gasteiger partial charge in [0.25, 0.3) is 0 Å². The van der Waals surface area contributed by atoms with Crippen molar-refractivity contribution in [3.63, 3.8) is 0 Å². The second-order valence-corrected chi connectivity index (χ2v) is 5.06. The van der Waals surface area contributed by atoms with Crippen molar-refractivity contribution in [2.45, 2.75) is 71.6 Å². The molecule has 2 atom stereocenters. The van der Waals surface area contributed by atoms with E-state index in [4.69, 9.17) is 4.74 Å². The summed E-state index contributed by atoms with van der Waals surface area (Å²) in [6.07, 6.45) is 5.53. The number of hydrogen-bond acceptors (Lipinski definition) is 2. The Hall–Kier alpha value is -0.0800. The van der Waals surface area contributed by atoms with Crippen molar-refractivity contribution in [1.29, 1.82) is 0 Å². The van der Waals surface area contributed by atoms with Gasteiger partial charge in [0.15, 0.2) is 0 Å². The molecule has 1 aliphatic carbocycles. The van der Waals surface area contributed by atoms with Crippen LogP contribution in [0.25, 0.3) is 0 Å². The number of hydrogen-bond donors (Lipinski definition) is 1. The maximum Gasteiger partial charge on any atom is 0.0604 e. The first-order chi connectivity index (χ1) is 7.15. The Morgan fingerprint density at radius 3 is 2.47 bits per heavy atom. The van der Waals surface area contributed by atoms with Crippen LogP contribution in [-0.4, -0.2) is 24.8 Å². The molecular formula is C13H27NO. The van der Waals surface area contributed by atoms with Crippen LogP contribution in [-0.2, 0) is 4.74 Å². The van der Waals surface area contributed by atoms with Crippen LogP contribution in [0.5, 0.6) is 0 Å². The molecule has 1 N–H and O–H groups in total. The SMILES string of the molecule is CCOC1CC(NC(C)CC(C)CC)C1. The summed E-state index contributed by atoms with van der Waals surface area (Å²) in [4.78, 5) is 0. The Morgan fingerprint density at radius 2 is 1.93 bits per heavy atom. The lowest BCUT2D eigenvalue weighted by Crippen LogP contribution is -2.48. The van der Waals surface area contributed by atoms with E-state index in [1.807, 2.05) is 0 Å². The van der Waals surface area contributed by atoms with E-state index in [2.05, 4.69) is 33.0 Å². The molecule has 0 aromatic rings. The molecule has 0 saturated heterocycles. The summed E-state index contributed by atoms with van der Waals surface area (Å²) in [5, 5.41) is 3.69. The van der Waals surface area contributed by atoms with Gasteiger partial charge in [-0.3, -0.25) is 0 Å². The van der Waals surface area contributed by atoms with Crippen LogP contribution in [0.2, 0.25) is 0 Å². The molecule has 0 spiro atoms. The first-order valence-electron chi connectivity index (χ1n) is 6.53. The van der Waals surface area contributed by atoms with Gasteiger partial charge in [-0.25, -0.2) is 0 Å². The number of nitrogens with one attached hydrogen (secondary N) is 1. The highest BCUT2D eigenvalue weighted by molar-refractivity contribution is 4.87. The third kappa shape index (κ3) is 4.52. The fraction of sp³-hybridized carbons (Fsp3) is 1.00. The molecular weight excluding hydrogens is 186 g/mol. The minimum absolute atomic E-state index is 0.531. The fourth-order valence-electron chi connectivity index (χ4n) is 2.31. The largest absolute Gasteiger partial charge is 0.378 e. The fourth-order valence-corrected chi connectivity index (χ4v) is 2.31. The van der Waals surface area contributed by atoms with Gasteiger partial charge >= 0.3 is 0 Å². The summed E-state index contributed by atoms with van der Waals surface area (Å²) >= 11 is 0. The van der Waals surface area contributed by atoms with Gasteiger partial charge in [-0.2, -0.15) is 0 Å². The third-order valence-corrected chi connectivity index (χ3v) is 3.47. The van der Waals surface area contributed by atoms with Gasteiger partial charge in [0.2, 0.25) is 0 Å². The molecule has 2 heteroatoms. The van der Waals surface area contributed by atoms with E-state index >= 15 is 0 Å². The molecule has 0 bridgehead atoms. The van der Waals surface area contributed by atoms with Crippen molar-refractivity contribution in [3.05, 3.63) is 0 Å². The summed E-state index contributed by atoms with van der Waals surface area (Å²) in [7, 11) is 0. The molecule has 1 aliphatic rings. The zero-order chi connectivity index (χ0) is 11.3. The summed E-state index contributed by atoms with van der Waals surface area (Å²) in [5.41, 5.74) is 0. The van der Waals surface area contributed by atoms with E-state index in [1.54, 1.807) is 0 Å². The van der Waals surface area contributed by atoms with Crippen LogP contribution >= 0.6 is 0 Å². The van der Waals surface area contributed by atoms with Crippen molar-refractivity contribution >= 4 is 0 Å². The highest BCUT2D eigenvalue weighted by Gasteiger charge is 2.30. The lowest BCUT2D eigenvalue weighted by Gasteiger charge is -2.37. The summed E-state index contributed by atoms with van der Waals surface area (Å²) < 4.78 is 5.55. The molecule has 1 rings (SSSR count). The zero-order valence-electron chi connectivity index (χ0n) is 10.8. The molecule has 0 aromatic heterocycles. The zero-order valence-corrected chi connectivity index (χ0v) is 10.8. The van der Waals surface area contributed by atoms with Crippen molar-refractivity contribution in [3.8, 4) is 0 Å². The smallest absolute Gasteiger partial charge is 0.0604 e. The molecule has 2 unspecified atom stereocenters. The Balaban J connectivity index is 2.05. The minimum Gasteiger partial charge on any atom is -0.378 e. The molecule has 1 fully saturated rings. The van der Waals surface area contributed by atoms with Crippen molar-refractivity contribution in [1.82, 2.24) is 5.32 Å². The van der Waals surface area contributed by atoms with E-state index in [9.17, 15) is 0 Å². The highest BCUT2D eigenvalue weighted by atomic mass is 16.5. The maximum atomic E-state index is 5.55. The van der Waals surface area contributed by atoms with E-state index in [0.29, 0.717) is 18.2 Å². The van der Waals surface area contributed by atoms with Gasteiger partial charge in [-0.1, -0.05) is 20.3 Å². The van der Waals surface area contributed by atoms with Crippen molar-refractivity contribution < 1.29 is 4.74 Å². The first kappa shape index (κ1) is 13.0. The van der Waals surface area contributed by atoms with Gasteiger partial charge in [-0.05, 0) is 39.0 Å². The molecule has 15 heavy (non-hydrogen) atoms. The average molecular weight is 213 g/mol. The number of rotatable bonds is 7. The minimum atomic E-state index is 0.531. The third-order valence-electron chi connectivity index (χ3n) is 3.47. The average Bonchev–Trinajstić information content (AvgIpc) is 2.14. The van der Waals surface area contributed by atoms with Crippen LogP contribution in [0.3, 0.4) is 0 Å². The van der Waals surface area contributed by atoms with Gasteiger partial charge in [0.05, 0.1) is 6.10 Å². The van der Waals surface area contributed by atoms with E-state index in [-0.39, 0.29) is 0 Å². The van der Waals surface area contributed by atoms with Crippen LogP contribution in [0.15, 0.2) is 0 Å². The maximum absolute atomic E-state index is 5.55. The molecule has 0 aromatic carbocycles. The topological polar surface area (TPSA) is 21.3 Å². The van der Waals surface area contributed by atoms with Gasteiger partial charge < -0.3 is 10.1 Å².